The van der Waals surface area contributed by atoms with Crippen LogP contribution in [0, 0.1) is 0 Å². The number of hydrogen-bond acceptors (Lipinski definition) is 3. The molecule has 4 heteroatoms. The number of halogens is 1. The molecule has 88 valence electrons. The van der Waals surface area contributed by atoms with E-state index in [2.05, 4.69) is 20.9 Å². The van der Waals surface area contributed by atoms with Crippen LogP contribution >= 0.6 is 15.9 Å². The van der Waals surface area contributed by atoms with E-state index in [1.54, 1.807) is 19.5 Å². The molecule has 1 heterocycles. The minimum Gasteiger partial charge on any atom is -0.496 e. The van der Waals surface area contributed by atoms with Crippen molar-refractivity contribution < 1.29 is 9.47 Å². The minimum atomic E-state index is 0.495. The Kier molecular flexibility index (Phi) is 3.98. The van der Waals surface area contributed by atoms with Crippen LogP contribution in [0.4, 0.5) is 0 Å². The van der Waals surface area contributed by atoms with Crippen molar-refractivity contribution in [3.05, 3.63) is 52.8 Å². The van der Waals surface area contributed by atoms with E-state index in [0.29, 0.717) is 6.61 Å². The molecule has 0 spiro atoms. The first-order valence-electron chi connectivity index (χ1n) is 5.15. The standard InChI is InChI=1S/C13H12BrNO2/c1-16-13-7-10(4-5-12(13)14)9-17-11-3-2-6-15-8-11/h2-8H,9H2,1H3. The number of rotatable bonds is 4. The van der Waals surface area contributed by atoms with Crippen molar-refractivity contribution in [3.63, 3.8) is 0 Å². The Bertz CT molecular complexity index is 488. The van der Waals surface area contributed by atoms with E-state index >= 15 is 0 Å². The summed E-state index contributed by atoms with van der Waals surface area (Å²) >= 11 is 3.41. The molecule has 0 radical (unpaired) electrons. The Labute approximate surface area is 109 Å². The molecular formula is C13H12BrNO2. The van der Waals surface area contributed by atoms with Crippen molar-refractivity contribution in [2.75, 3.05) is 7.11 Å². The van der Waals surface area contributed by atoms with Crippen molar-refractivity contribution in [1.82, 2.24) is 4.98 Å². The van der Waals surface area contributed by atoms with Crippen molar-refractivity contribution in [1.29, 1.82) is 0 Å². The van der Waals surface area contributed by atoms with E-state index in [4.69, 9.17) is 9.47 Å². The lowest BCUT2D eigenvalue weighted by atomic mass is 10.2. The number of pyridine rings is 1. The predicted octanol–water partition coefficient (Wildman–Crippen LogP) is 3.43. The lowest BCUT2D eigenvalue weighted by molar-refractivity contribution is 0.304. The van der Waals surface area contributed by atoms with Crippen LogP contribution in [0.5, 0.6) is 11.5 Å². The summed E-state index contributed by atoms with van der Waals surface area (Å²) in [6.07, 6.45) is 3.41. The van der Waals surface area contributed by atoms with Gasteiger partial charge in [0.2, 0.25) is 0 Å². The SMILES string of the molecule is COc1cc(COc2cccnc2)ccc1Br. The topological polar surface area (TPSA) is 31.4 Å². The second-order valence-electron chi connectivity index (χ2n) is 3.45. The molecule has 17 heavy (non-hydrogen) atoms. The maximum absolute atomic E-state index is 5.60. The van der Waals surface area contributed by atoms with Crippen LogP contribution in [0.15, 0.2) is 47.2 Å². The molecule has 0 N–H and O–H groups in total. The molecule has 0 aliphatic heterocycles. The molecule has 2 aromatic rings. The summed E-state index contributed by atoms with van der Waals surface area (Å²) in [4.78, 5) is 3.99. The van der Waals surface area contributed by atoms with Crippen LogP contribution < -0.4 is 9.47 Å². The van der Waals surface area contributed by atoms with Crippen LogP contribution in [0.3, 0.4) is 0 Å². The molecular weight excluding hydrogens is 282 g/mol. The first-order valence-corrected chi connectivity index (χ1v) is 5.94. The molecule has 0 saturated heterocycles. The smallest absolute Gasteiger partial charge is 0.138 e. The molecule has 0 atom stereocenters. The lowest BCUT2D eigenvalue weighted by Gasteiger charge is -2.08. The Morgan fingerprint density at radius 3 is 2.88 bits per heavy atom. The zero-order valence-electron chi connectivity index (χ0n) is 9.39. The Morgan fingerprint density at radius 2 is 2.18 bits per heavy atom. The molecule has 1 aromatic carbocycles. The maximum atomic E-state index is 5.60. The predicted molar refractivity (Wildman–Crippen MR) is 69.3 cm³/mol. The number of nitrogens with zero attached hydrogens (tertiary/aromatic N) is 1. The van der Waals surface area contributed by atoms with Gasteiger partial charge in [-0.15, -0.1) is 0 Å². The highest BCUT2D eigenvalue weighted by atomic mass is 79.9. The largest absolute Gasteiger partial charge is 0.496 e. The van der Waals surface area contributed by atoms with Crippen molar-refractivity contribution >= 4 is 15.9 Å². The Balaban J connectivity index is 2.04. The summed E-state index contributed by atoms with van der Waals surface area (Å²) in [6, 6.07) is 9.60. The summed E-state index contributed by atoms with van der Waals surface area (Å²) in [5.41, 5.74) is 1.05. The zero-order chi connectivity index (χ0) is 12.1. The summed E-state index contributed by atoms with van der Waals surface area (Å²) in [5.74, 6) is 1.56. The van der Waals surface area contributed by atoms with Crippen molar-refractivity contribution in [2.24, 2.45) is 0 Å². The number of hydrogen-bond donors (Lipinski definition) is 0. The third kappa shape index (κ3) is 3.20. The summed E-state index contributed by atoms with van der Waals surface area (Å²) < 4.78 is 11.8. The van der Waals surface area contributed by atoms with E-state index in [1.807, 2.05) is 30.3 Å². The average Bonchev–Trinajstić information content (AvgIpc) is 2.39. The van der Waals surface area contributed by atoms with Crippen LogP contribution in [-0.2, 0) is 6.61 Å². The van der Waals surface area contributed by atoms with Crippen LogP contribution in [0.25, 0.3) is 0 Å². The number of ether oxygens (including phenoxy) is 2. The number of methoxy groups -OCH3 is 1. The molecule has 1 aromatic heterocycles. The third-order valence-corrected chi connectivity index (χ3v) is 2.91. The average molecular weight is 294 g/mol. The Hall–Kier alpha value is -1.55. The summed E-state index contributed by atoms with van der Waals surface area (Å²) in [6.45, 7) is 0.495. The summed E-state index contributed by atoms with van der Waals surface area (Å²) in [7, 11) is 1.64. The monoisotopic (exact) mass is 293 g/mol. The van der Waals surface area contributed by atoms with E-state index in [-0.39, 0.29) is 0 Å². The fraction of sp³-hybridized carbons (Fsp3) is 0.154. The van der Waals surface area contributed by atoms with Gasteiger partial charge in [0.15, 0.2) is 0 Å². The fourth-order valence-electron chi connectivity index (χ4n) is 1.39. The molecule has 2 rings (SSSR count). The summed E-state index contributed by atoms with van der Waals surface area (Å²) in [5, 5.41) is 0. The van der Waals surface area contributed by atoms with Gasteiger partial charge in [0, 0.05) is 6.20 Å². The first kappa shape index (κ1) is 11.9. The maximum Gasteiger partial charge on any atom is 0.138 e. The zero-order valence-corrected chi connectivity index (χ0v) is 11.0. The van der Waals surface area contributed by atoms with Gasteiger partial charge >= 0.3 is 0 Å². The van der Waals surface area contributed by atoms with E-state index in [0.717, 1.165) is 21.5 Å². The molecule has 0 bridgehead atoms. The Morgan fingerprint density at radius 1 is 1.29 bits per heavy atom. The normalized spacial score (nSPS) is 10.0. The quantitative estimate of drug-likeness (QED) is 0.865. The number of aromatic nitrogens is 1. The molecule has 3 nitrogen and oxygen atoms in total. The molecule has 0 aliphatic carbocycles. The van der Waals surface area contributed by atoms with Gasteiger partial charge in [-0.25, -0.2) is 0 Å². The van der Waals surface area contributed by atoms with Gasteiger partial charge in [-0.2, -0.15) is 0 Å². The molecule has 0 saturated carbocycles. The van der Waals surface area contributed by atoms with E-state index in [9.17, 15) is 0 Å². The van der Waals surface area contributed by atoms with Gasteiger partial charge in [0.25, 0.3) is 0 Å². The van der Waals surface area contributed by atoms with Crippen LogP contribution in [-0.4, -0.2) is 12.1 Å². The highest BCUT2D eigenvalue weighted by molar-refractivity contribution is 9.10. The van der Waals surface area contributed by atoms with Crippen molar-refractivity contribution in [2.45, 2.75) is 6.61 Å². The second-order valence-corrected chi connectivity index (χ2v) is 4.30. The van der Waals surface area contributed by atoms with Crippen LogP contribution in [0.1, 0.15) is 5.56 Å². The molecule has 0 fully saturated rings. The van der Waals surface area contributed by atoms with E-state index < -0.39 is 0 Å². The van der Waals surface area contributed by atoms with Gasteiger partial charge in [0.1, 0.15) is 18.1 Å². The minimum absolute atomic E-state index is 0.495. The highest BCUT2D eigenvalue weighted by Crippen LogP contribution is 2.26. The number of benzene rings is 1. The molecule has 0 aliphatic rings. The van der Waals surface area contributed by atoms with Crippen molar-refractivity contribution in [3.8, 4) is 11.5 Å². The molecule has 0 unspecified atom stereocenters. The first-order chi connectivity index (χ1) is 8.29. The van der Waals surface area contributed by atoms with Gasteiger partial charge < -0.3 is 9.47 Å². The highest BCUT2D eigenvalue weighted by Gasteiger charge is 2.02. The lowest BCUT2D eigenvalue weighted by Crippen LogP contribution is -1.96. The third-order valence-electron chi connectivity index (χ3n) is 2.26. The van der Waals surface area contributed by atoms with Gasteiger partial charge in [-0.1, -0.05) is 6.07 Å². The van der Waals surface area contributed by atoms with Crippen LogP contribution in [0.2, 0.25) is 0 Å². The second kappa shape index (κ2) is 5.68. The van der Waals surface area contributed by atoms with Gasteiger partial charge in [-0.3, -0.25) is 4.98 Å². The van der Waals surface area contributed by atoms with E-state index in [1.165, 1.54) is 0 Å². The molecule has 0 amide bonds. The fourth-order valence-corrected chi connectivity index (χ4v) is 1.80. The van der Waals surface area contributed by atoms with Gasteiger partial charge in [-0.05, 0) is 45.8 Å². The van der Waals surface area contributed by atoms with Gasteiger partial charge in [0.05, 0.1) is 17.8 Å².